The molecule has 0 radical (unpaired) electrons. The first kappa shape index (κ1) is 22.4. The predicted octanol–water partition coefficient (Wildman–Crippen LogP) is -0.709. The molecule has 9 heavy (non-hydrogen) atoms. The van der Waals surface area contributed by atoms with Gasteiger partial charge in [-0.05, 0) is 6.92 Å². The summed E-state index contributed by atoms with van der Waals surface area (Å²) in [5, 5.41) is 15.8. The van der Waals surface area contributed by atoms with E-state index in [1.54, 1.807) is 0 Å². The average Bonchev–Trinajstić information content (AvgIpc) is 1.36. The number of aliphatic hydroxyl groups is 1. The predicted molar refractivity (Wildman–Crippen MR) is 27.3 cm³/mol. The Morgan fingerprint density at radius 2 is 1.78 bits per heavy atom. The second-order valence-electron chi connectivity index (χ2n) is 1.01. The van der Waals surface area contributed by atoms with Crippen LogP contribution in [0.3, 0.4) is 0 Å². The molecule has 1 unspecified atom stereocenters. The van der Waals surface area contributed by atoms with Crippen molar-refractivity contribution in [2.45, 2.75) is 13.0 Å². The number of aliphatic hydroxyl groups excluding tert-OH is 1. The Kier molecular flexibility index (Phi) is 31.2. The molecule has 0 aromatic carbocycles. The van der Waals surface area contributed by atoms with Gasteiger partial charge in [-0.1, -0.05) is 0 Å². The summed E-state index contributed by atoms with van der Waals surface area (Å²) >= 11 is 0. The summed E-state index contributed by atoms with van der Waals surface area (Å²) < 4.78 is 0. The zero-order chi connectivity index (χ0) is 5.15. The Labute approximate surface area is 110 Å². The zero-order valence-electron chi connectivity index (χ0n) is 7.15. The minimum absolute atomic E-state index is 0. The first-order valence-corrected chi connectivity index (χ1v) is 1.55. The molecule has 0 aliphatic heterocycles. The molecule has 3 nitrogen and oxygen atoms in total. The van der Waals surface area contributed by atoms with Crippen LogP contribution in [0.15, 0.2) is 0 Å². The summed E-state index contributed by atoms with van der Waals surface area (Å²) in [4.78, 5) is 9.45. The third-order valence-electron chi connectivity index (χ3n) is 0.357. The van der Waals surface area contributed by atoms with E-state index in [-0.39, 0.29) is 77.1 Å². The van der Waals surface area contributed by atoms with Crippen molar-refractivity contribution < 1.29 is 54.4 Å². The van der Waals surface area contributed by atoms with Crippen LogP contribution in [0.2, 0.25) is 0 Å². The van der Waals surface area contributed by atoms with E-state index < -0.39 is 12.1 Å². The number of hydrogen-bond donors (Lipinski definition) is 2. The normalized spacial score (nSPS) is 9.11. The molecular weight excluding hydrogens is 245 g/mol. The topological polar surface area (TPSA) is 57.5 Å². The molecule has 0 heterocycles. The van der Waals surface area contributed by atoms with Crippen LogP contribution < -0.4 is 0 Å². The summed E-state index contributed by atoms with van der Waals surface area (Å²) in [6.45, 7) is 1.20. The fourth-order valence-electron chi connectivity index (χ4n) is 0. The van der Waals surface area contributed by atoms with Gasteiger partial charge in [-0.15, -0.1) is 0 Å². The van der Waals surface area contributed by atoms with Crippen LogP contribution in [-0.2, 0) is 41.3 Å². The van der Waals surface area contributed by atoms with Gasteiger partial charge in [-0.25, -0.2) is 4.79 Å². The fourth-order valence-corrected chi connectivity index (χ4v) is 0. The van der Waals surface area contributed by atoms with E-state index in [1.807, 2.05) is 0 Å². The van der Waals surface area contributed by atoms with Crippen molar-refractivity contribution in [3.05, 3.63) is 0 Å². The summed E-state index contributed by atoms with van der Waals surface area (Å²) in [5.41, 5.74) is 0. The van der Waals surface area contributed by atoms with Crippen molar-refractivity contribution in [1.29, 1.82) is 0 Å². The van der Waals surface area contributed by atoms with E-state index in [2.05, 4.69) is 0 Å². The molecule has 0 bridgehead atoms. The van der Waals surface area contributed by atoms with E-state index in [4.69, 9.17) is 10.2 Å². The molecule has 0 saturated carbocycles. The molecule has 0 aliphatic carbocycles. The van der Waals surface area contributed by atoms with Crippen LogP contribution in [0.1, 0.15) is 9.78 Å². The van der Waals surface area contributed by atoms with Crippen molar-refractivity contribution in [3.8, 4) is 0 Å². The smallest absolute Gasteiger partial charge is 1.00 e. The van der Waals surface area contributed by atoms with E-state index in [1.165, 1.54) is 6.92 Å². The number of aliphatic carboxylic acids is 1. The zero-order valence-corrected chi connectivity index (χ0v) is 11.4. The number of carboxylic acids is 1. The number of rotatable bonds is 1. The summed E-state index contributed by atoms with van der Waals surface area (Å²) in [7, 11) is 0. The number of carbonyl (C=O) groups is 1. The van der Waals surface area contributed by atoms with E-state index in [0.717, 1.165) is 0 Å². The molecule has 50 valence electrons. The molecule has 0 spiro atoms. The van der Waals surface area contributed by atoms with E-state index >= 15 is 0 Å². The Morgan fingerprint density at radius 1 is 1.67 bits per heavy atom. The Balaban J connectivity index is -0.0000000125. The maximum absolute atomic E-state index is 9.45. The van der Waals surface area contributed by atoms with Gasteiger partial charge in [0.1, 0.15) is 6.10 Å². The first-order chi connectivity index (χ1) is 2.64. The molecule has 0 aromatic rings. The average molecular weight is 253 g/mol. The van der Waals surface area contributed by atoms with E-state index in [0.29, 0.717) is 0 Å². The molecule has 2 N–H and O–H groups in total. The molecule has 0 amide bonds. The van der Waals surface area contributed by atoms with Crippen LogP contribution >= 0.6 is 0 Å². The minimum Gasteiger partial charge on any atom is -1.00 e. The van der Waals surface area contributed by atoms with Gasteiger partial charge in [0.2, 0.25) is 0 Å². The Bertz CT molecular complexity index is 77.6. The Morgan fingerprint density at radius 3 is 1.78 bits per heavy atom. The largest absolute Gasteiger partial charge is 2.00 e. The summed E-state index contributed by atoms with van der Waals surface area (Å²) in [6.07, 6.45) is -1.23. The molecule has 0 saturated heterocycles. The van der Waals surface area contributed by atoms with Crippen LogP contribution in [0.25, 0.3) is 0 Å². The monoisotopic (exact) mass is 252 g/mol. The molecular formula is C3H8CaFeO3Zn. The third-order valence-corrected chi connectivity index (χ3v) is 0.357. The second-order valence-corrected chi connectivity index (χ2v) is 1.01. The van der Waals surface area contributed by atoms with Crippen molar-refractivity contribution in [1.82, 2.24) is 0 Å². The number of carboxylic acid groups (broad SMARTS) is 1. The molecule has 0 rings (SSSR count). The Hall–Kier alpha value is 1.83. The molecule has 1 atom stereocenters. The van der Waals surface area contributed by atoms with E-state index in [9.17, 15) is 4.79 Å². The molecule has 6 heteroatoms. The SMILES string of the molecule is CC(O)C(=O)O.[Ca+2].[Fe].[H-].[H-].[Zn]. The van der Waals surface area contributed by atoms with Gasteiger partial charge in [0, 0.05) is 36.5 Å². The fraction of sp³-hybridized carbons (Fsp3) is 0.667. The van der Waals surface area contributed by atoms with Crippen molar-refractivity contribution in [3.63, 3.8) is 0 Å². The van der Waals surface area contributed by atoms with Crippen LogP contribution in [0.5, 0.6) is 0 Å². The summed E-state index contributed by atoms with van der Waals surface area (Å²) in [5.74, 6) is -1.19. The standard InChI is InChI=1S/C3H6O3.Ca.Fe.Zn.2H/c1-2(4)3(5)6;;;;;/h2,4H,1H3,(H,5,6);;;;;/q;+2;;;2*-1. The van der Waals surface area contributed by atoms with Gasteiger partial charge in [0.05, 0.1) is 0 Å². The van der Waals surface area contributed by atoms with Crippen LogP contribution in [0, 0.1) is 0 Å². The quantitative estimate of drug-likeness (QED) is 0.607. The molecule has 0 aliphatic rings. The van der Waals surface area contributed by atoms with Crippen LogP contribution in [-0.4, -0.2) is 60.0 Å². The van der Waals surface area contributed by atoms with Gasteiger partial charge in [-0.2, -0.15) is 0 Å². The van der Waals surface area contributed by atoms with Gasteiger partial charge in [0.15, 0.2) is 0 Å². The maximum atomic E-state index is 9.45. The van der Waals surface area contributed by atoms with Gasteiger partial charge >= 0.3 is 43.7 Å². The van der Waals surface area contributed by atoms with Gasteiger partial charge in [-0.3, -0.25) is 0 Å². The van der Waals surface area contributed by atoms with Gasteiger partial charge in [0.25, 0.3) is 0 Å². The molecule has 0 fully saturated rings. The second kappa shape index (κ2) is 12.5. The van der Waals surface area contributed by atoms with Gasteiger partial charge < -0.3 is 13.1 Å². The first-order valence-electron chi connectivity index (χ1n) is 1.55. The third kappa shape index (κ3) is 17.7. The van der Waals surface area contributed by atoms with Crippen molar-refractivity contribution >= 4 is 43.7 Å². The van der Waals surface area contributed by atoms with Crippen molar-refractivity contribution in [2.24, 2.45) is 0 Å². The summed E-state index contributed by atoms with van der Waals surface area (Å²) in [6, 6.07) is 0. The minimum atomic E-state index is -1.23. The van der Waals surface area contributed by atoms with Crippen molar-refractivity contribution in [2.75, 3.05) is 0 Å². The maximum Gasteiger partial charge on any atom is 2.00 e. The van der Waals surface area contributed by atoms with Crippen LogP contribution in [0.4, 0.5) is 0 Å². The number of hydrogen-bond acceptors (Lipinski definition) is 2. The molecule has 0 aromatic heterocycles.